The van der Waals surface area contributed by atoms with Crippen LogP contribution in [0, 0.1) is 0 Å². The third-order valence-corrected chi connectivity index (χ3v) is 3.98. The van der Waals surface area contributed by atoms with Crippen molar-refractivity contribution in [1.82, 2.24) is 4.90 Å². The maximum atomic E-state index is 12.9. The van der Waals surface area contributed by atoms with Gasteiger partial charge >= 0.3 is 0 Å². The summed E-state index contributed by atoms with van der Waals surface area (Å²) >= 11 is 11.3. The molecule has 0 aromatic heterocycles. The van der Waals surface area contributed by atoms with Gasteiger partial charge in [-0.1, -0.05) is 17.7 Å². The average molecular weight is 349 g/mol. The molecule has 0 atom stereocenters. The summed E-state index contributed by atoms with van der Waals surface area (Å²) in [5, 5.41) is 0.961. The van der Waals surface area contributed by atoms with Crippen LogP contribution in [0.25, 0.3) is 0 Å². The highest BCUT2D eigenvalue weighted by atomic mass is 35.5. The highest BCUT2D eigenvalue weighted by molar-refractivity contribution is 7.80. The number of nitrogens with zero attached hydrogens (tertiary/aromatic N) is 2. The third-order valence-electron chi connectivity index (χ3n) is 3.18. The van der Waals surface area contributed by atoms with E-state index in [4.69, 9.17) is 28.6 Å². The van der Waals surface area contributed by atoms with E-state index in [0.717, 1.165) is 0 Å². The van der Waals surface area contributed by atoms with E-state index in [1.807, 2.05) is 18.2 Å². The van der Waals surface area contributed by atoms with Crippen molar-refractivity contribution in [3.05, 3.63) is 59.1 Å². The number of thiocarbonyl (C=S) groups is 1. The molecule has 1 amide bonds. The fraction of sp³-hybridized carbons (Fsp3) is 0.176. The molecule has 2 rings (SSSR count). The quantitative estimate of drug-likeness (QED) is 0.789. The molecule has 4 nitrogen and oxygen atoms in total. The minimum absolute atomic E-state index is 0.228. The molecule has 0 aliphatic rings. The zero-order valence-electron chi connectivity index (χ0n) is 13.1. The van der Waals surface area contributed by atoms with E-state index in [9.17, 15) is 4.79 Å². The van der Waals surface area contributed by atoms with Crippen molar-refractivity contribution in [2.24, 2.45) is 0 Å². The van der Waals surface area contributed by atoms with Gasteiger partial charge in [-0.05, 0) is 48.6 Å². The molecule has 0 heterocycles. The van der Waals surface area contributed by atoms with Gasteiger partial charge in [-0.15, -0.1) is 0 Å². The Labute approximate surface area is 146 Å². The van der Waals surface area contributed by atoms with Gasteiger partial charge < -0.3 is 9.64 Å². The number of amides is 1. The number of hydrogen-bond acceptors (Lipinski definition) is 3. The van der Waals surface area contributed by atoms with Gasteiger partial charge in [-0.25, -0.2) is 0 Å². The maximum absolute atomic E-state index is 12.9. The number of carbonyl (C=O) groups excluding carboxylic acids is 1. The SMILES string of the molecule is COc1cccc(N(C(=O)c2ccc(Cl)cc2)C(=S)N(C)C)c1. The first-order valence-corrected chi connectivity index (χ1v) is 7.68. The summed E-state index contributed by atoms with van der Waals surface area (Å²) in [7, 11) is 5.17. The van der Waals surface area contributed by atoms with Crippen LogP contribution < -0.4 is 9.64 Å². The first-order chi connectivity index (χ1) is 10.9. The zero-order valence-corrected chi connectivity index (χ0v) is 14.7. The number of rotatable bonds is 3. The van der Waals surface area contributed by atoms with Gasteiger partial charge in [0.05, 0.1) is 12.8 Å². The first-order valence-electron chi connectivity index (χ1n) is 6.89. The summed E-state index contributed by atoms with van der Waals surface area (Å²) in [6, 6.07) is 13.9. The fourth-order valence-electron chi connectivity index (χ4n) is 1.99. The highest BCUT2D eigenvalue weighted by Crippen LogP contribution is 2.24. The Morgan fingerprint density at radius 2 is 1.78 bits per heavy atom. The number of methoxy groups -OCH3 is 1. The molecule has 2 aromatic carbocycles. The van der Waals surface area contributed by atoms with Crippen LogP contribution in [0.5, 0.6) is 5.75 Å². The molecule has 0 radical (unpaired) electrons. The third kappa shape index (κ3) is 4.00. The predicted octanol–water partition coefficient (Wildman–Crippen LogP) is 3.84. The largest absolute Gasteiger partial charge is 0.497 e. The Kier molecular flexibility index (Phi) is 5.58. The lowest BCUT2D eigenvalue weighted by molar-refractivity contribution is 0.100. The van der Waals surface area contributed by atoms with Gasteiger partial charge in [-0.3, -0.25) is 9.69 Å². The number of ether oxygens (including phenoxy) is 1. The summed E-state index contributed by atoms with van der Waals surface area (Å²) in [6.07, 6.45) is 0. The molecule has 0 aliphatic carbocycles. The van der Waals surface area contributed by atoms with Crippen LogP contribution in [-0.2, 0) is 0 Å². The predicted molar refractivity (Wildman–Crippen MR) is 97.5 cm³/mol. The number of carbonyl (C=O) groups is 1. The normalized spacial score (nSPS) is 10.1. The second-order valence-electron chi connectivity index (χ2n) is 5.03. The standard InChI is InChI=1S/C17H17ClN2O2S/c1-19(2)17(23)20(14-5-4-6-15(11-14)22-3)16(21)12-7-9-13(18)10-8-12/h4-11H,1-3H3. The van der Waals surface area contributed by atoms with Gasteiger partial charge in [0.25, 0.3) is 5.91 Å². The summed E-state index contributed by atoms with van der Waals surface area (Å²) in [4.78, 5) is 16.1. The molecule has 0 unspecified atom stereocenters. The highest BCUT2D eigenvalue weighted by Gasteiger charge is 2.23. The summed E-state index contributed by atoms with van der Waals surface area (Å²) in [5.74, 6) is 0.423. The van der Waals surface area contributed by atoms with Crippen LogP contribution in [0.4, 0.5) is 5.69 Å². The Hall–Kier alpha value is -2.11. The fourth-order valence-corrected chi connectivity index (χ4v) is 2.30. The smallest absolute Gasteiger partial charge is 0.264 e. The molecule has 0 bridgehead atoms. The maximum Gasteiger partial charge on any atom is 0.264 e. The molecule has 0 aliphatic heterocycles. The average Bonchev–Trinajstić information content (AvgIpc) is 2.55. The van der Waals surface area contributed by atoms with Gasteiger partial charge in [0.15, 0.2) is 5.11 Å². The zero-order chi connectivity index (χ0) is 17.0. The van der Waals surface area contributed by atoms with Crippen molar-refractivity contribution < 1.29 is 9.53 Å². The van der Waals surface area contributed by atoms with Crippen molar-refractivity contribution in [3.8, 4) is 5.75 Å². The van der Waals surface area contributed by atoms with E-state index >= 15 is 0 Å². The lowest BCUT2D eigenvalue weighted by atomic mass is 10.2. The van der Waals surface area contributed by atoms with Crippen LogP contribution in [0.2, 0.25) is 5.02 Å². The lowest BCUT2D eigenvalue weighted by Gasteiger charge is -2.27. The Morgan fingerprint density at radius 3 is 2.35 bits per heavy atom. The van der Waals surface area contributed by atoms with E-state index in [0.29, 0.717) is 27.1 Å². The number of hydrogen-bond donors (Lipinski definition) is 0. The second-order valence-corrected chi connectivity index (χ2v) is 5.83. The molecular weight excluding hydrogens is 332 g/mol. The first kappa shape index (κ1) is 17.2. The van der Waals surface area contributed by atoms with E-state index in [1.54, 1.807) is 56.4 Å². The van der Waals surface area contributed by atoms with Gasteiger partial charge in [0.2, 0.25) is 0 Å². The van der Waals surface area contributed by atoms with Gasteiger partial charge in [-0.2, -0.15) is 0 Å². The number of halogens is 1. The molecule has 0 saturated carbocycles. The molecule has 6 heteroatoms. The van der Waals surface area contributed by atoms with Crippen LogP contribution >= 0.6 is 23.8 Å². The van der Waals surface area contributed by atoms with Crippen LogP contribution in [0.1, 0.15) is 10.4 Å². The molecule has 2 aromatic rings. The topological polar surface area (TPSA) is 32.8 Å². The molecule has 0 saturated heterocycles. The van der Waals surface area contributed by atoms with E-state index in [1.165, 1.54) is 4.90 Å². The summed E-state index contributed by atoms with van der Waals surface area (Å²) in [6.45, 7) is 0. The van der Waals surface area contributed by atoms with Crippen LogP contribution in [0.3, 0.4) is 0 Å². The molecule has 0 fully saturated rings. The van der Waals surface area contributed by atoms with Crippen molar-refractivity contribution >= 4 is 40.5 Å². The second kappa shape index (κ2) is 7.44. The monoisotopic (exact) mass is 348 g/mol. The lowest BCUT2D eigenvalue weighted by Crippen LogP contribution is -2.43. The van der Waals surface area contributed by atoms with Crippen molar-refractivity contribution in [1.29, 1.82) is 0 Å². The number of benzene rings is 2. The van der Waals surface area contributed by atoms with E-state index in [2.05, 4.69) is 0 Å². The molecule has 0 N–H and O–H groups in total. The number of anilines is 1. The van der Waals surface area contributed by atoms with Crippen LogP contribution in [0.15, 0.2) is 48.5 Å². The van der Waals surface area contributed by atoms with Crippen LogP contribution in [-0.4, -0.2) is 37.1 Å². The molecular formula is C17H17ClN2O2S. The molecule has 120 valence electrons. The summed E-state index contributed by atoms with van der Waals surface area (Å²) in [5.41, 5.74) is 1.14. The minimum Gasteiger partial charge on any atom is -0.497 e. The van der Waals surface area contributed by atoms with Crippen molar-refractivity contribution in [2.45, 2.75) is 0 Å². The van der Waals surface area contributed by atoms with Crippen molar-refractivity contribution in [2.75, 3.05) is 26.1 Å². The van der Waals surface area contributed by atoms with Gasteiger partial charge in [0, 0.05) is 30.7 Å². The van der Waals surface area contributed by atoms with Gasteiger partial charge in [0.1, 0.15) is 5.75 Å². The molecule has 23 heavy (non-hydrogen) atoms. The minimum atomic E-state index is -0.228. The van der Waals surface area contributed by atoms with E-state index < -0.39 is 0 Å². The summed E-state index contributed by atoms with van der Waals surface area (Å²) < 4.78 is 5.23. The Bertz CT molecular complexity index is 717. The van der Waals surface area contributed by atoms with E-state index in [-0.39, 0.29) is 5.91 Å². The van der Waals surface area contributed by atoms with Crippen molar-refractivity contribution in [3.63, 3.8) is 0 Å². The molecule has 0 spiro atoms. The Morgan fingerprint density at radius 1 is 1.13 bits per heavy atom. The Balaban J connectivity index is 2.47.